The van der Waals surface area contributed by atoms with E-state index >= 15 is 0 Å². The number of rotatable bonds is 2. The van der Waals surface area contributed by atoms with E-state index in [0.717, 1.165) is 30.6 Å². The van der Waals surface area contributed by atoms with Crippen LogP contribution < -0.4 is 10.1 Å². The number of alkyl halides is 2. The molecule has 0 aromatic heterocycles. The number of benzene rings is 1. The molecular formula is C10H11F2NO. The normalized spacial score (nSPS) is 14.8. The van der Waals surface area contributed by atoms with Crippen molar-refractivity contribution >= 4 is 5.69 Å². The van der Waals surface area contributed by atoms with E-state index in [4.69, 9.17) is 0 Å². The van der Waals surface area contributed by atoms with Gasteiger partial charge in [0.2, 0.25) is 0 Å². The van der Waals surface area contributed by atoms with E-state index in [-0.39, 0.29) is 5.75 Å². The molecule has 1 heterocycles. The zero-order valence-corrected chi connectivity index (χ0v) is 7.59. The van der Waals surface area contributed by atoms with Gasteiger partial charge in [-0.1, -0.05) is 12.1 Å². The van der Waals surface area contributed by atoms with Crippen molar-refractivity contribution in [2.45, 2.75) is 19.5 Å². The summed E-state index contributed by atoms with van der Waals surface area (Å²) in [4.78, 5) is 0. The number of hydrogen-bond acceptors (Lipinski definition) is 2. The van der Waals surface area contributed by atoms with Crippen LogP contribution in [-0.2, 0) is 6.42 Å². The SMILES string of the molecule is FC(F)Oc1cccc2c1NCCC2. The van der Waals surface area contributed by atoms with Crippen molar-refractivity contribution in [3.63, 3.8) is 0 Å². The number of ether oxygens (including phenoxy) is 1. The minimum Gasteiger partial charge on any atom is -0.433 e. The highest BCUT2D eigenvalue weighted by molar-refractivity contribution is 5.63. The third-order valence-corrected chi connectivity index (χ3v) is 2.25. The number of para-hydroxylation sites is 1. The number of nitrogens with one attached hydrogen (secondary N) is 1. The molecule has 2 nitrogen and oxygen atoms in total. The Bertz CT molecular complexity index is 328. The Morgan fingerprint density at radius 3 is 3.00 bits per heavy atom. The van der Waals surface area contributed by atoms with Crippen LogP contribution in [-0.4, -0.2) is 13.2 Å². The summed E-state index contributed by atoms with van der Waals surface area (Å²) in [6, 6.07) is 5.23. The topological polar surface area (TPSA) is 21.3 Å². The van der Waals surface area contributed by atoms with E-state index in [1.54, 1.807) is 12.1 Å². The monoisotopic (exact) mass is 199 g/mol. The maximum absolute atomic E-state index is 12.0. The molecule has 0 radical (unpaired) electrons. The molecule has 14 heavy (non-hydrogen) atoms. The van der Waals surface area contributed by atoms with Crippen molar-refractivity contribution in [1.29, 1.82) is 0 Å². The minimum atomic E-state index is -2.76. The molecule has 2 rings (SSSR count). The molecule has 0 atom stereocenters. The van der Waals surface area contributed by atoms with Crippen LogP contribution in [0.3, 0.4) is 0 Å². The first kappa shape index (κ1) is 9.24. The Kier molecular flexibility index (Phi) is 2.52. The predicted octanol–water partition coefficient (Wildman–Crippen LogP) is 2.65. The Morgan fingerprint density at radius 2 is 2.21 bits per heavy atom. The van der Waals surface area contributed by atoms with Crippen molar-refractivity contribution in [2.24, 2.45) is 0 Å². The standard InChI is InChI=1S/C10H11F2NO/c11-10(12)14-8-5-1-3-7-4-2-6-13-9(7)8/h1,3,5,10,13H,2,4,6H2. The lowest BCUT2D eigenvalue weighted by molar-refractivity contribution is -0.0494. The molecule has 1 aliphatic rings. The fourth-order valence-electron chi connectivity index (χ4n) is 1.67. The molecule has 0 bridgehead atoms. The summed E-state index contributed by atoms with van der Waals surface area (Å²) in [5.74, 6) is 0.247. The Morgan fingerprint density at radius 1 is 1.36 bits per heavy atom. The van der Waals surface area contributed by atoms with E-state index in [2.05, 4.69) is 10.1 Å². The van der Waals surface area contributed by atoms with Gasteiger partial charge in [-0.05, 0) is 24.5 Å². The molecule has 0 saturated carbocycles. The highest BCUT2D eigenvalue weighted by Gasteiger charge is 2.15. The molecule has 0 saturated heterocycles. The lowest BCUT2D eigenvalue weighted by Gasteiger charge is -2.20. The van der Waals surface area contributed by atoms with Gasteiger partial charge < -0.3 is 10.1 Å². The molecule has 1 aromatic carbocycles. The summed E-state index contributed by atoms with van der Waals surface area (Å²) in [6.45, 7) is -1.94. The average Bonchev–Trinajstić information content (AvgIpc) is 2.18. The van der Waals surface area contributed by atoms with E-state index in [1.165, 1.54) is 0 Å². The van der Waals surface area contributed by atoms with Gasteiger partial charge in [-0.3, -0.25) is 0 Å². The second kappa shape index (κ2) is 3.82. The summed E-state index contributed by atoms with van der Waals surface area (Å²) in [6.07, 6.45) is 1.95. The van der Waals surface area contributed by atoms with E-state index in [9.17, 15) is 8.78 Å². The maximum atomic E-state index is 12.0. The third-order valence-electron chi connectivity index (χ3n) is 2.25. The smallest absolute Gasteiger partial charge is 0.387 e. The third kappa shape index (κ3) is 1.78. The van der Waals surface area contributed by atoms with Crippen LogP contribution in [0.2, 0.25) is 0 Å². The van der Waals surface area contributed by atoms with Crippen LogP contribution in [0.4, 0.5) is 14.5 Å². The zero-order valence-electron chi connectivity index (χ0n) is 7.59. The largest absolute Gasteiger partial charge is 0.433 e. The Hall–Kier alpha value is -1.32. The number of anilines is 1. The van der Waals surface area contributed by atoms with Gasteiger partial charge in [-0.15, -0.1) is 0 Å². The van der Waals surface area contributed by atoms with Gasteiger partial charge >= 0.3 is 6.61 Å². The predicted molar refractivity (Wildman–Crippen MR) is 49.9 cm³/mol. The number of hydrogen-bond donors (Lipinski definition) is 1. The molecule has 0 spiro atoms. The molecule has 0 fully saturated rings. The quantitative estimate of drug-likeness (QED) is 0.790. The van der Waals surface area contributed by atoms with Crippen LogP contribution in [0, 0.1) is 0 Å². The van der Waals surface area contributed by atoms with Crippen LogP contribution in [0.15, 0.2) is 18.2 Å². The Balaban J connectivity index is 2.30. The molecule has 1 aliphatic heterocycles. The fraction of sp³-hybridized carbons (Fsp3) is 0.400. The lowest BCUT2D eigenvalue weighted by Crippen LogP contribution is -2.14. The molecule has 1 aromatic rings. The first-order chi connectivity index (χ1) is 6.77. The summed E-state index contributed by atoms with van der Waals surface area (Å²) >= 11 is 0. The highest BCUT2D eigenvalue weighted by atomic mass is 19.3. The molecule has 0 unspecified atom stereocenters. The van der Waals surface area contributed by atoms with Crippen molar-refractivity contribution < 1.29 is 13.5 Å². The van der Waals surface area contributed by atoms with Crippen LogP contribution in [0.5, 0.6) is 5.75 Å². The molecule has 4 heteroatoms. The van der Waals surface area contributed by atoms with Crippen molar-refractivity contribution in [2.75, 3.05) is 11.9 Å². The zero-order chi connectivity index (χ0) is 9.97. The second-order valence-corrected chi connectivity index (χ2v) is 3.20. The molecule has 0 amide bonds. The minimum absolute atomic E-state index is 0.247. The van der Waals surface area contributed by atoms with Gasteiger partial charge in [0.05, 0.1) is 5.69 Å². The number of fused-ring (bicyclic) bond motifs is 1. The summed E-state index contributed by atoms with van der Waals surface area (Å²) in [7, 11) is 0. The summed E-state index contributed by atoms with van der Waals surface area (Å²) in [5, 5.41) is 3.08. The van der Waals surface area contributed by atoms with Gasteiger partial charge in [0.1, 0.15) is 5.75 Å². The Labute approximate surface area is 80.9 Å². The second-order valence-electron chi connectivity index (χ2n) is 3.20. The van der Waals surface area contributed by atoms with Crippen LogP contribution in [0.25, 0.3) is 0 Å². The molecule has 1 N–H and O–H groups in total. The van der Waals surface area contributed by atoms with Gasteiger partial charge in [-0.2, -0.15) is 8.78 Å². The lowest BCUT2D eigenvalue weighted by atomic mass is 10.0. The first-order valence-corrected chi connectivity index (χ1v) is 4.58. The van der Waals surface area contributed by atoms with E-state index < -0.39 is 6.61 Å². The maximum Gasteiger partial charge on any atom is 0.387 e. The van der Waals surface area contributed by atoms with E-state index in [1.807, 2.05) is 6.07 Å². The van der Waals surface area contributed by atoms with Crippen molar-refractivity contribution in [1.82, 2.24) is 0 Å². The van der Waals surface area contributed by atoms with Gasteiger partial charge in [0, 0.05) is 6.54 Å². The highest BCUT2D eigenvalue weighted by Crippen LogP contribution is 2.32. The van der Waals surface area contributed by atoms with Gasteiger partial charge in [0.25, 0.3) is 0 Å². The fourth-order valence-corrected chi connectivity index (χ4v) is 1.67. The summed E-state index contributed by atoms with van der Waals surface area (Å²) in [5.41, 5.74) is 1.77. The van der Waals surface area contributed by atoms with Crippen LogP contribution in [0.1, 0.15) is 12.0 Å². The molecular weight excluding hydrogens is 188 g/mol. The molecule has 0 aliphatic carbocycles. The van der Waals surface area contributed by atoms with E-state index in [0.29, 0.717) is 0 Å². The van der Waals surface area contributed by atoms with Crippen molar-refractivity contribution in [3.05, 3.63) is 23.8 Å². The summed E-state index contributed by atoms with van der Waals surface area (Å²) < 4.78 is 28.5. The average molecular weight is 199 g/mol. The number of aryl methyl sites for hydroxylation is 1. The van der Waals surface area contributed by atoms with Crippen LogP contribution >= 0.6 is 0 Å². The van der Waals surface area contributed by atoms with Crippen molar-refractivity contribution in [3.8, 4) is 5.75 Å². The number of halogens is 2. The first-order valence-electron chi connectivity index (χ1n) is 4.58. The van der Waals surface area contributed by atoms with Gasteiger partial charge in [-0.25, -0.2) is 0 Å². The molecule has 76 valence electrons. The van der Waals surface area contributed by atoms with Gasteiger partial charge in [0.15, 0.2) is 0 Å².